The normalized spacial score (nSPS) is 14.5. The largest absolute Gasteiger partial charge is 0.508 e. The zero-order valence-corrected chi connectivity index (χ0v) is 10.8. The number of phenolic OH excluding ortho intramolecular Hbond substituents is 1. The maximum Gasteiger partial charge on any atom is 0.234 e. The van der Waals surface area contributed by atoms with E-state index in [0.29, 0.717) is 5.56 Å². The van der Waals surface area contributed by atoms with Gasteiger partial charge in [0.1, 0.15) is 11.6 Å². The molecule has 2 unspecified atom stereocenters. The molecule has 100 valence electrons. The van der Waals surface area contributed by atoms with Crippen molar-refractivity contribution in [1.29, 1.82) is 0 Å². The Morgan fingerprint density at radius 3 is 2.50 bits per heavy atom. The highest BCUT2D eigenvalue weighted by atomic mass is 19.1. The van der Waals surface area contributed by atoms with E-state index in [2.05, 4.69) is 5.32 Å². The van der Waals surface area contributed by atoms with Crippen LogP contribution in [0.5, 0.6) is 5.75 Å². The van der Waals surface area contributed by atoms with Gasteiger partial charge in [-0.25, -0.2) is 4.39 Å². The number of nitrogens with one attached hydrogen (secondary N) is 1. The van der Waals surface area contributed by atoms with E-state index < -0.39 is 17.8 Å². The molecule has 1 rings (SSSR count). The smallest absolute Gasteiger partial charge is 0.234 e. The molecule has 0 aliphatic carbocycles. The van der Waals surface area contributed by atoms with Gasteiger partial charge in [0.25, 0.3) is 0 Å². The quantitative estimate of drug-likeness (QED) is 0.748. The van der Waals surface area contributed by atoms with Crippen molar-refractivity contribution in [3.8, 4) is 5.75 Å². The van der Waals surface area contributed by atoms with E-state index in [4.69, 9.17) is 5.73 Å². The Bertz CT molecular complexity index is 435. The third-order valence-corrected chi connectivity index (χ3v) is 2.86. The first-order valence-electron chi connectivity index (χ1n) is 5.86. The Labute approximate surface area is 106 Å². The number of hydrogen-bond acceptors (Lipinski definition) is 3. The van der Waals surface area contributed by atoms with E-state index in [-0.39, 0.29) is 17.7 Å². The predicted molar refractivity (Wildman–Crippen MR) is 67.4 cm³/mol. The Hall–Kier alpha value is -1.62. The molecule has 0 spiro atoms. The summed E-state index contributed by atoms with van der Waals surface area (Å²) in [4.78, 5) is 11.3. The Morgan fingerprint density at radius 1 is 1.39 bits per heavy atom. The first kappa shape index (κ1) is 14.4. The second-order valence-electron chi connectivity index (χ2n) is 4.72. The number of hydrogen-bond donors (Lipinski definition) is 3. The van der Waals surface area contributed by atoms with Crippen LogP contribution in [-0.4, -0.2) is 17.1 Å². The van der Waals surface area contributed by atoms with Crippen LogP contribution in [0.3, 0.4) is 0 Å². The number of amides is 1. The summed E-state index contributed by atoms with van der Waals surface area (Å²) in [7, 11) is 0. The van der Waals surface area contributed by atoms with Gasteiger partial charge in [-0.3, -0.25) is 10.1 Å². The lowest BCUT2D eigenvalue weighted by atomic mass is 10.00. The van der Waals surface area contributed by atoms with E-state index in [1.807, 2.05) is 13.8 Å². The van der Waals surface area contributed by atoms with E-state index in [9.17, 15) is 14.3 Å². The van der Waals surface area contributed by atoms with Gasteiger partial charge in [-0.1, -0.05) is 13.8 Å². The lowest BCUT2D eigenvalue weighted by molar-refractivity contribution is -0.121. The second-order valence-corrected chi connectivity index (χ2v) is 4.72. The highest BCUT2D eigenvalue weighted by molar-refractivity contribution is 5.80. The second kappa shape index (κ2) is 5.82. The number of halogens is 1. The lowest BCUT2D eigenvalue weighted by Crippen LogP contribution is -2.45. The molecule has 0 heterocycles. The van der Waals surface area contributed by atoms with Gasteiger partial charge in [-0.15, -0.1) is 0 Å². The Balaban J connectivity index is 2.90. The third kappa shape index (κ3) is 3.43. The molecule has 0 aliphatic rings. The molecule has 0 bridgehead atoms. The first-order valence-corrected chi connectivity index (χ1v) is 5.86. The van der Waals surface area contributed by atoms with Crippen LogP contribution >= 0.6 is 0 Å². The number of carbonyl (C=O) groups is 1. The van der Waals surface area contributed by atoms with Crippen molar-refractivity contribution in [3.05, 3.63) is 29.6 Å². The molecule has 1 amide bonds. The van der Waals surface area contributed by atoms with E-state index >= 15 is 0 Å². The standard InChI is InChI=1S/C13H19FN2O2/c1-7(2)12(13(15)18)16-8(3)10-6-9(14)4-5-11(10)17/h4-8,12,16-17H,1-3H3,(H2,15,18). The van der Waals surface area contributed by atoms with Gasteiger partial charge in [0.2, 0.25) is 5.91 Å². The van der Waals surface area contributed by atoms with Gasteiger partial charge < -0.3 is 10.8 Å². The first-order chi connectivity index (χ1) is 8.32. The summed E-state index contributed by atoms with van der Waals surface area (Å²) in [5.41, 5.74) is 5.70. The minimum atomic E-state index is -0.525. The van der Waals surface area contributed by atoms with E-state index in [1.54, 1.807) is 6.92 Å². The van der Waals surface area contributed by atoms with Crippen molar-refractivity contribution >= 4 is 5.91 Å². The minimum absolute atomic E-state index is 0.0108. The number of rotatable bonds is 5. The molecular weight excluding hydrogens is 235 g/mol. The van der Waals surface area contributed by atoms with Crippen LogP contribution in [0.2, 0.25) is 0 Å². The van der Waals surface area contributed by atoms with Crippen molar-refractivity contribution in [1.82, 2.24) is 5.32 Å². The van der Waals surface area contributed by atoms with Crippen molar-refractivity contribution in [2.24, 2.45) is 11.7 Å². The molecule has 0 aromatic heterocycles. The van der Waals surface area contributed by atoms with Gasteiger partial charge >= 0.3 is 0 Å². The number of phenols is 1. The van der Waals surface area contributed by atoms with E-state index in [1.165, 1.54) is 18.2 Å². The van der Waals surface area contributed by atoms with Crippen LogP contribution in [0.25, 0.3) is 0 Å². The molecule has 2 atom stereocenters. The van der Waals surface area contributed by atoms with Gasteiger partial charge in [0.05, 0.1) is 6.04 Å². The van der Waals surface area contributed by atoms with Crippen molar-refractivity contribution in [3.63, 3.8) is 0 Å². The zero-order valence-electron chi connectivity index (χ0n) is 10.8. The van der Waals surface area contributed by atoms with Crippen LogP contribution < -0.4 is 11.1 Å². The average molecular weight is 254 g/mol. The average Bonchev–Trinajstić information content (AvgIpc) is 2.28. The summed E-state index contributed by atoms with van der Waals surface area (Å²) in [6.45, 7) is 5.47. The molecule has 1 aromatic carbocycles. The summed E-state index contributed by atoms with van der Waals surface area (Å²) in [6, 6.07) is 2.81. The topological polar surface area (TPSA) is 75.3 Å². The highest BCUT2D eigenvalue weighted by Gasteiger charge is 2.23. The zero-order chi connectivity index (χ0) is 13.9. The fourth-order valence-electron chi connectivity index (χ4n) is 1.83. The fraction of sp³-hybridized carbons (Fsp3) is 0.462. The summed E-state index contributed by atoms with van der Waals surface area (Å²) in [6.07, 6.45) is 0. The van der Waals surface area contributed by atoms with Crippen molar-refractivity contribution in [2.45, 2.75) is 32.9 Å². The van der Waals surface area contributed by atoms with Gasteiger partial charge in [0.15, 0.2) is 0 Å². The molecule has 0 radical (unpaired) electrons. The number of nitrogens with two attached hydrogens (primary N) is 1. The minimum Gasteiger partial charge on any atom is -0.508 e. The highest BCUT2D eigenvalue weighted by Crippen LogP contribution is 2.25. The maximum absolute atomic E-state index is 13.1. The number of benzene rings is 1. The molecular formula is C13H19FN2O2. The number of aromatic hydroxyl groups is 1. The van der Waals surface area contributed by atoms with Crippen molar-refractivity contribution in [2.75, 3.05) is 0 Å². The van der Waals surface area contributed by atoms with Gasteiger partial charge in [-0.2, -0.15) is 0 Å². The number of carbonyl (C=O) groups excluding carboxylic acids is 1. The van der Waals surface area contributed by atoms with Crippen LogP contribution in [0.4, 0.5) is 4.39 Å². The molecule has 0 fully saturated rings. The molecule has 0 saturated heterocycles. The maximum atomic E-state index is 13.1. The lowest BCUT2D eigenvalue weighted by Gasteiger charge is -2.24. The number of primary amides is 1. The van der Waals surface area contributed by atoms with Crippen LogP contribution in [0.1, 0.15) is 32.4 Å². The Morgan fingerprint density at radius 2 is 2.00 bits per heavy atom. The van der Waals surface area contributed by atoms with Gasteiger partial charge in [-0.05, 0) is 31.0 Å². The summed E-state index contributed by atoms with van der Waals surface area (Å²) < 4.78 is 13.1. The molecule has 0 saturated carbocycles. The molecule has 4 nitrogen and oxygen atoms in total. The molecule has 0 aliphatic heterocycles. The summed E-state index contributed by atoms with van der Waals surface area (Å²) in [5, 5.41) is 12.7. The Kier molecular flexibility index (Phi) is 4.67. The van der Waals surface area contributed by atoms with Crippen LogP contribution in [0.15, 0.2) is 18.2 Å². The van der Waals surface area contributed by atoms with Gasteiger partial charge in [0, 0.05) is 11.6 Å². The van der Waals surface area contributed by atoms with E-state index in [0.717, 1.165) is 0 Å². The summed E-state index contributed by atoms with van der Waals surface area (Å²) >= 11 is 0. The van der Waals surface area contributed by atoms with Crippen molar-refractivity contribution < 1.29 is 14.3 Å². The molecule has 1 aromatic rings. The summed E-state index contributed by atoms with van der Waals surface area (Å²) in [5.74, 6) is -0.895. The van der Waals surface area contributed by atoms with Crippen LogP contribution in [0, 0.1) is 11.7 Å². The monoisotopic (exact) mass is 254 g/mol. The SMILES string of the molecule is CC(NC(C(N)=O)C(C)C)c1cc(F)ccc1O. The third-order valence-electron chi connectivity index (χ3n) is 2.86. The predicted octanol–water partition coefficient (Wildman–Crippen LogP) is 1.69. The molecule has 18 heavy (non-hydrogen) atoms. The fourth-order valence-corrected chi connectivity index (χ4v) is 1.83. The van der Waals surface area contributed by atoms with Crippen LogP contribution in [-0.2, 0) is 4.79 Å². The molecule has 4 N–H and O–H groups in total. The molecule has 5 heteroatoms.